The molecule has 0 amide bonds. The Labute approximate surface area is 203 Å². The van der Waals surface area contributed by atoms with Crippen LogP contribution in [0.1, 0.15) is 13.3 Å². The summed E-state index contributed by atoms with van der Waals surface area (Å²) in [5.74, 6) is -0.995. The largest absolute Gasteiger partial charge is 0.550 e. The molecule has 0 N–H and O–H groups in total. The first-order valence-electron chi connectivity index (χ1n) is 8.11. The Balaban J connectivity index is 0.000000465. The summed E-state index contributed by atoms with van der Waals surface area (Å²) in [6, 6.07) is 26.6. The zero-order valence-electron chi connectivity index (χ0n) is 14.5. The number of carbonyl (C=O) groups excluding carboxylic acids is 1. The molecule has 0 radical (unpaired) electrons. The highest BCUT2D eigenvalue weighted by Crippen LogP contribution is 2.32. The number of carboxylic acid groups (broad SMARTS) is 1. The fraction of sp³-hybridized carbons (Fsp3) is 0.0952. The van der Waals surface area contributed by atoms with Gasteiger partial charge in [-0.3, -0.25) is 0 Å². The zero-order valence-corrected chi connectivity index (χ0v) is 21.8. The molecule has 0 aliphatic heterocycles. The highest BCUT2D eigenvalue weighted by Gasteiger charge is 2.28. The van der Waals surface area contributed by atoms with E-state index in [1.165, 1.54) is 32.3 Å². The van der Waals surface area contributed by atoms with Crippen LogP contribution in [0.15, 0.2) is 87.5 Å². The molecule has 3 rings (SSSR count). The molecule has 3 aromatic rings. The number of halogens is 3. The summed E-state index contributed by atoms with van der Waals surface area (Å²) in [4.78, 5) is 13.3. The van der Waals surface area contributed by atoms with Gasteiger partial charge in [0, 0.05) is 16.7 Å². The first kappa shape index (κ1) is 23.0. The van der Waals surface area contributed by atoms with Crippen LogP contribution in [-0.4, -0.2) is 5.97 Å². The lowest BCUT2D eigenvalue weighted by molar-refractivity contribution is -0.305. The Kier molecular flexibility index (Phi) is 9.88. The molecule has 2 nitrogen and oxygen atoms in total. The lowest BCUT2D eigenvalue weighted by Gasteiger charge is -2.08. The third-order valence-corrected chi connectivity index (χ3v) is 7.82. The standard InChI is InChI=1S/C18H12I3S.C3H6O2/c19-13-1-7-16(8-2-13)22(17-9-3-14(20)4-10-17)18-11-5-15(21)6-12-18;1-2-3(4)5/h1-12H;2H2,1H3,(H,4,5)/q+1;/p-1. The van der Waals surface area contributed by atoms with Crippen LogP contribution in [0.3, 0.4) is 0 Å². The minimum atomic E-state index is -0.995. The van der Waals surface area contributed by atoms with Crippen molar-refractivity contribution in [3.05, 3.63) is 83.5 Å². The molecule has 0 atom stereocenters. The van der Waals surface area contributed by atoms with Gasteiger partial charge in [-0.05, 0) is 147 Å². The quantitative estimate of drug-likeness (QED) is 0.256. The Hall–Kier alpha value is -0.330. The third kappa shape index (κ3) is 7.54. The van der Waals surface area contributed by atoms with Gasteiger partial charge < -0.3 is 9.90 Å². The van der Waals surface area contributed by atoms with Crippen molar-refractivity contribution in [2.24, 2.45) is 0 Å². The molecule has 0 bridgehead atoms. The van der Waals surface area contributed by atoms with Crippen molar-refractivity contribution in [2.75, 3.05) is 0 Å². The molecule has 0 unspecified atom stereocenters. The molecule has 27 heavy (non-hydrogen) atoms. The average molecular weight is 714 g/mol. The summed E-state index contributed by atoms with van der Waals surface area (Å²) in [5, 5.41) is 9.26. The smallest absolute Gasteiger partial charge is 0.166 e. The van der Waals surface area contributed by atoms with Gasteiger partial charge in [0.2, 0.25) is 0 Å². The summed E-state index contributed by atoms with van der Waals surface area (Å²) in [6.45, 7) is 1.54. The summed E-state index contributed by atoms with van der Waals surface area (Å²) in [7, 11) is -0.0494. The van der Waals surface area contributed by atoms with E-state index in [4.69, 9.17) is 0 Å². The SMILES string of the molecule is CCC(=O)[O-].Ic1ccc([S+](c2ccc(I)cc2)c2ccc(I)cc2)cc1. The number of hydrogen-bond acceptors (Lipinski definition) is 2. The van der Waals surface area contributed by atoms with Gasteiger partial charge in [-0.25, -0.2) is 0 Å². The van der Waals surface area contributed by atoms with E-state index < -0.39 is 5.97 Å². The molecular weight excluding hydrogens is 697 g/mol. The van der Waals surface area contributed by atoms with Gasteiger partial charge in [0.25, 0.3) is 0 Å². The highest BCUT2D eigenvalue weighted by molar-refractivity contribution is 14.1. The van der Waals surface area contributed by atoms with Crippen molar-refractivity contribution in [2.45, 2.75) is 28.0 Å². The predicted octanol–water partition coefficient (Wildman–Crippen LogP) is 5.74. The van der Waals surface area contributed by atoms with E-state index in [2.05, 4.69) is 141 Å². The van der Waals surface area contributed by atoms with E-state index in [0.29, 0.717) is 0 Å². The topological polar surface area (TPSA) is 40.1 Å². The van der Waals surface area contributed by atoms with Gasteiger partial charge in [-0.2, -0.15) is 0 Å². The van der Waals surface area contributed by atoms with Gasteiger partial charge in [0.05, 0.1) is 10.9 Å². The zero-order chi connectivity index (χ0) is 19.8. The second kappa shape index (κ2) is 11.6. The third-order valence-electron chi connectivity index (χ3n) is 3.44. The average Bonchev–Trinajstić information content (AvgIpc) is 2.67. The second-order valence-electron chi connectivity index (χ2n) is 5.39. The molecule has 140 valence electrons. The van der Waals surface area contributed by atoms with E-state index in [9.17, 15) is 9.90 Å². The summed E-state index contributed by atoms with van der Waals surface area (Å²) in [6.07, 6.45) is 0.111. The van der Waals surface area contributed by atoms with E-state index in [-0.39, 0.29) is 17.3 Å². The number of carboxylic acids is 1. The van der Waals surface area contributed by atoms with E-state index >= 15 is 0 Å². The van der Waals surface area contributed by atoms with Crippen molar-refractivity contribution >= 4 is 84.6 Å². The maximum atomic E-state index is 9.26. The predicted molar refractivity (Wildman–Crippen MR) is 135 cm³/mol. The van der Waals surface area contributed by atoms with E-state index in [1.54, 1.807) is 0 Å². The Morgan fingerprint density at radius 3 is 1.11 bits per heavy atom. The summed E-state index contributed by atoms with van der Waals surface area (Å²) < 4.78 is 3.82. The van der Waals surface area contributed by atoms with Crippen LogP contribution in [-0.2, 0) is 15.7 Å². The fourth-order valence-corrected chi connectivity index (χ4v) is 5.24. The lowest BCUT2D eigenvalue weighted by atomic mass is 10.4. The van der Waals surface area contributed by atoms with Crippen LogP contribution in [0.4, 0.5) is 0 Å². The van der Waals surface area contributed by atoms with Crippen LogP contribution in [0.25, 0.3) is 0 Å². The van der Waals surface area contributed by atoms with Crippen LogP contribution in [0.5, 0.6) is 0 Å². The van der Waals surface area contributed by atoms with Crippen LogP contribution in [0, 0.1) is 10.7 Å². The Bertz CT molecular complexity index is 755. The Morgan fingerprint density at radius 1 is 0.704 bits per heavy atom. The number of aliphatic carboxylic acids is 1. The van der Waals surface area contributed by atoms with Crippen molar-refractivity contribution in [3.63, 3.8) is 0 Å². The Morgan fingerprint density at radius 2 is 0.926 bits per heavy atom. The van der Waals surface area contributed by atoms with Crippen LogP contribution >= 0.6 is 67.8 Å². The molecular formula is C21H17I3O2S. The molecule has 0 fully saturated rings. The molecule has 0 saturated heterocycles. The second-order valence-corrected chi connectivity index (χ2v) is 11.2. The summed E-state index contributed by atoms with van der Waals surface area (Å²) >= 11 is 7.08. The molecule has 3 aromatic carbocycles. The molecule has 0 aliphatic rings. The van der Waals surface area contributed by atoms with Crippen LogP contribution in [0.2, 0.25) is 0 Å². The highest BCUT2D eigenvalue weighted by atomic mass is 127. The van der Waals surface area contributed by atoms with Gasteiger partial charge >= 0.3 is 0 Å². The maximum absolute atomic E-state index is 9.26. The maximum Gasteiger partial charge on any atom is 0.166 e. The minimum Gasteiger partial charge on any atom is -0.550 e. The first-order valence-corrected chi connectivity index (χ1v) is 12.6. The minimum absolute atomic E-state index is 0.0494. The monoisotopic (exact) mass is 714 g/mol. The van der Waals surface area contributed by atoms with Gasteiger partial charge in [-0.15, -0.1) is 0 Å². The van der Waals surface area contributed by atoms with Crippen molar-refractivity contribution in [1.29, 1.82) is 0 Å². The normalized spacial score (nSPS) is 10.3. The van der Waals surface area contributed by atoms with Crippen molar-refractivity contribution in [1.82, 2.24) is 0 Å². The fourth-order valence-electron chi connectivity index (χ4n) is 2.12. The first-order chi connectivity index (χ1) is 12.9. The molecule has 0 saturated carbocycles. The van der Waals surface area contributed by atoms with Gasteiger partial charge in [0.15, 0.2) is 14.7 Å². The molecule has 0 spiro atoms. The van der Waals surface area contributed by atoms with E-state index in [0.717, 1.165) is 0 Å². The summed E-state index contributed by atoms with van der Waals surface area (Å²) in [5.41, 5.74) is 0. The molecule has 0 heterocycles. The number of rotatable bonds is 4. The number of hydrogen-bond donors (Lipinski definition) is 0. The van der Waals surface area contributed by atoms with Gasteiger partial charge in [-0.1, -0.05) is 6.92 Å². The van der Waals surface area contributed by atoms with Crippen molar-refractivity contribution in [3.8, 4) is 0 Å². The van der Waals surface area contributed by atoms with Crippen molar-refractivity contribution < 1.29 is 9.90 Å². The molecule has 6 heteroatoms. The number of carbonyl (C=O) groups is 1. The molecule has 0 aliphatic carbocycles. The van der Waals surface area contributed by atoms with Crippen LogP contribution < -0.4 is 5.11 Å². The lowest BCUT2D eigenvalue weighted by Crippen LogP contribution is -2.19. The van der Waals surface area contributed by atoms with E-state index in [1.807, 2.05) is 0 Å². The molecule has 0 aromatic heterocycles. The van der Waals surface area contributed by atoms with Gasteiger partial charge in [0.1, 0.15) is 0 Å². The number of benzene rings is 3.